The molecule has 0 aromatic carbocycles. The average molecular weight is 1030 g/mol. The summed E-state index contributed by atoms with van der Waals surface area (Å²) in [5.74, 6) is -0.918. The Bertz CT molecular complexity index is 1420. The zero-order valence-electron chi connectivity index (χ0n) is 48.8. The van der Waals surface area contributed by atoms with Crippen molar-refractivity contribution in [1.82, 2.24) is 0 Å². The molecule has 6 heteroatoms. The number of ether oxygens (including phenoxy) is 3. The molecule has 426 valence electrons. The fraction of sp³-hybridized carbons (Fsp3) is 0.750. The van der Waals surface area contributed by atoms with Crippen LogP contribution >= 0.6 is 0 Å². The highest BCUT2D eigenvalue weighted by Gasteiger charge is 2.19. The van der Waals surface area contributed by atoms with E-state index in [0.717, 1.165) is 96.3 Å². The second kappa shape index (κ2) is 62.1. The van der Waals surface area contributed by atoms with Crippen LogP contribution in [-0.2, 0) is 28.6 Å². The molecule has 0 aromatic rings. The molecule has 0 N–H and O–H groups in total. The topological polar surface area (TPSA) is 78.9 Å². The van der Waals surface area contributed by atoms with Gasteiger partial charge in [0, 0.05) is 19.3 Å². The third-order valence-corrected chi connectivity index (χ3v) is 13.6. The van der Waals surface area contributed by atoms with Crippen molar-refractivity contribution in [2.45, 2.75) is 316 Å². The number of allylic oxidation sites excluding steroid dienone is 14. The molecule has 0 saturated carbocycles. The minimum absolute atomic E-state index is 0.0891. The lowest BCUT2D eigenvalue weighted by atomic mass is 10.1. The van der Waals surface area contributed by atoms with E-state index in [4.69, 9.17) is 14.2 Å². The van der Waals surface area contributed by atoms with Crippen molar-refractivity contribution in [2.24, 2.45) is 0 Å². The smallest absolute Gasteiger partial charge is 0.306 e. The van der Waals surface area contributed by atoms with E-state index in [1.807, 2.05) is 0 Å². The molecular weight excluding hydrogens is 913 g/mol. The Morgan fingerprint density at radius 3 is 0.851 bits per heavy atom. The van der Waals surface area contributed by atoms with Crippen molar-refractivity contribution in [3.63, 3.8) is 0 Å². The van der Waals surface area contributed by atoms with Crippen molar-refractivity contribution in [1.29, 1.82) is 0 Å². The highest BCUT2D eigenvalue weighted by Crippen LogP contribution is 2.16. The summed E-state index contributed by atoms with van der Waals surface area (Å²) >= 11 is 0. The summed E-state index contributed by atoms with van der Waals surface area (Å²) in [6, 6.07) is 0. The van der Waals surface area contributed by atoms with Gasteiger partial charge in [-0.1, -0.05) is 260 Å². The molecule has 0 bridgehead atoms. The van der Waals surface area contributed by atoms with Gasteiger partial charge in [0.1, 0.15) is 13.2 Å². The van der Waals surface area contributed by atoms with Crippen LogP contribution in [0.5, 0.6) is 0 Å². The van der Waals surface area contributed by atoms with Gasteiger partial charge in [0.15, 0.2) is 6.10 Å². The number of hydrogen-bond acceptors (Lipinski definition) is 6. The van der Waals surface area contributed by atoms with Crippen LogP contribution in [0.2, 0.25) is 0 Å². The standard InChI is InChI=1S/C68H118O6/c1-4-7-10-13-16-19-22-25-27-29-31-32-33-34-35-36-37-39-40-43-46-49-52-55-58-61-67(70)73-64-65(63-72-66(69)60-57-54-51-48-45-42-24-21-18-15-12-9-6-3)74-68(71)62-59-56-53-50-47-44-41-38-30-28-26-23-20-17-14-11-8-5-2/h9,12,18,21-22,25,28-31,33-34,42,45,65H,4-8,10-11,13-17,19-20,23-24,26-27,32,35-41,43-44,46-64H2,1-3H3/b12-9-,21-18-,25-22-,30-28-,31-29-,34-33-,45-42-. The Morgan fingerprint density at radius 2 is 0.527 bits per heavy atom. The minimum Gasteiger partial charge on any atom is -0.462 e. The second-order valence-corrected chi connectivity index (χ2v) is 20.9. The molecule has 0 saturated heterocycles. The maximum Gasteiger partial charge on any atom is 0.306 e. The summed E-state index contributed by atoms with van der Waals surface area (Å²) in [5.41, 5.74) is 0. The van der Waals surface area contributed by atoms with Gasteiger partial charge < -0.3 is 14.2 Å². The molecule has 74 heavy (non-hydrogen) atoms. The van der Waals surface area contributed by atoms with Gasteiger partial charge in [-0.05, 0) is 116 Å². The monoisotopic (exact) mass is 1030 g/mol. The van der Waals surface area contributed by atoms with Gasteiger partial charge >= 0.3 is 17.9 Å². The van der Waals surface area contributed by atoms with Crippen LogP contribution in [0.15, 0.2) is 85.1 Å². The van der Waals surface area contributed by atoms with Crippen LogP contribution in [0.25, 0.3) is 0 Å². The Balaban J connectivity index is 4.33. The van der Waals surface area contributed by atoms with Gasteiger partial charge in [0.2, 0.25) is 0 Å². The molecule has 0 radical (unpaired) electrons. The van der Waals surface area contributed by atoms with Crippen molar-refractivity contribution in [3.05, 3.63) is 85.1 Å². The summed E-state index contributed by atoms with van der Waals surface area (Å²) in [5, 5.41) is 0. The highest BCUT2D eigenvalue weighted by molar-refractivity contribution is 5.71. The number of carbonyl (C=O) groups is 3. The molecule has 0 aromatic heterocycles. The van der Waals surface area contributed by atoms with Gasteiger partial charge in [-0.15, -0.1) is 0 Å². The van der Waals surface area contributed by atoms with E-state index in [1.165, 1.54) is 173 Å². The van der Waals surface area contributed by atoms with Crippen LogP contribution in [-0.4, -0.2) is 37.2 Å². The highest BCUT2D eigenvalue weighted by atomic mass is 16.6. The Kier molecular flexibility index (Phi) is 59.3. The first-order valence-electron chi connectivity index (χ1n) is 31.6. The number of hydrogen-bond donors (Lipinski definition) is 0. The number of carbonyl (C=O) groups excluding carboxylic acids is 3. The quantitative estimate of drug-likeness (QED) is 0.0261. The van der Waals surface area contributed by atoms with Crippen molar-refractivity contribution in [3.8, 4) is 0 Å². The summed E-state index contributed by atoms with van der Waals surface area (Å²) in [6.07, 6.45) is 81.6. The van der Waals surface area contributed by atoms with Crippen LogP contribution in [0, 0.1) is 0 Å². The van der Waals surface area contributed by atoms with Gasteiger partial charge in [0.05, 0.1) is 0 Å². The van der Waals surface area contributed by atoms with Gasteiger partial charge in [0.25, 0.3) is 0 Å². The first kappa shape index (κ1) is 70.6. The molecule has 0 heterocycles. The van der Waals surface area contributed by atoms with E-state index in [9.17, 15) is 14.4 Å². The molecule has 0 fully saturated rings. The molecule has 0 spiro atoms. The van der Waals surface area contributed by atoms with Gasteiger partial charge in [-0.25, -0.2) is 0 Å². The lowest BCUT2D eigenvalue weighted by molar-refractivity contribution is -0.167. The molecule has 6 nitrogen and oxygen atoms in total. The first-order chi connectivity index (χ1) is 36.5. The number of rotatable bonds is 57. The lowest BCUT2D eigenvalue weighted by Gasteiger charge is -2.18. The van der Waals surface area contributed by atoms with Crippen molar-refractivity contribution in [2.75, 3.05) is 13.2 Å². The Hall–Kier alpha value is -3.41. The second-order valence-electron chi connectivity index (χ2n) is 20.9. The molecule has 0 aliphatic carbocycles. The fourth-order valence-corrected chi connectivity index (χ4v) is 8.87. The van der Waals surface area contributed by atoms with Crippen LogP contribution in [0.4, 0.5) is 0 Å². The van der Waals surface area contributed by atoms with Gasteiger partial charge in [-0.3, -0.25) is 14.4 Å². The van der Waals surface area contributed by atoms with Gasteiger partial charge in [-0.2, -0.15) is 0 Å². The normalized spacial score (nSPS) is 12.6. The van der Waals surface area contributed by atoms with Crippen LogP contribution in [0.1, 0.15) is 310 Å². The van der Waals surface area contributed by atoms with Crippen molar-refractivity contribution >= 4 is 17.9 Å². The zero-order valence-corrected chi connectivity index (χ0v) is 48.8. The van der Waals surface area contributed by atoms with E-state index >= 15 is 0 Å². The molecular formula is C68H118O6. The van der Waals surface area contributed by atoms with E-state index in [2.05, 4.69) is 106 Å². The predicted octanol–water partition coefficient (Wildman–Crippen LogP) is 21.5. The average Bonchev–Trinajstić information content (AvgIpc) is 3.40. The van der Waals surface area contributed by atoms with E-state index in [-0.39, 0.29) is 31.1 Å². The summed E-state index contributed by atoms with van der Waals surface area (Å²) < 4.78 is 16.9. The molecule has 0 rings (SSSR count). The maximum atomic E-state index is 12.9. The van der Waals surface area contributed by atoms with Crippen LogP contribution < -0.4 is 0 Å². The maximum absolute atomic E-state index is 12.9. The SMILES string of the molecule is CC/C=C\C/C=C\C/C=C\CCCCCC(=O)OCC(COC(=O)CCCCCCCCCCCC/C=C\C/C=C\C/C=C\CCCCCCC)OC(=O)CCCCCCCCC/C=C\CCCCCCCCC. The largest absolute Gasteiger partial charge is 0.462 e. The molecule has 0 amide bonds. The third kappa shape index (κ3) is 59.5. The number of esters is 3. The lowest BCUT2D eigenvalue weighted by Crippen LogP contribution is -2.30. The molecule has 0 aliphatic rings. The minimum atomic E-state index is -0.794. The van der Waals surface area contributed by atoms with E-state index in [0.29, 0.717) is 19.3 Å². The van der Waals surface area contributed by atoms with Crippen molar-refractivity contribution < 1.29 is 28.6 Å². The first-order valence-corrected chi connectivity index (χ1v) is 31.6. The third-order valence-electron chi connectivity index (χ3n) is 13.6. The summed E-state index contributed by atoms with van der Waals surface area (Å²) in [4.78, 5) is 38.3. The molecule has 1 atom stereocenters. The molecule has 1 unspecified atom stereocenters. The fourth-order valence-electron chi connectivity index (χ4n) is 8.87. The number of unbranched alkanes of at least 4 members (excludes halogenated alkanes) is 32. The Morgan fingerprint density at radius 1 is 0.284 bits per heavy atom. The zero-order chi connectivity index (χ0) is 53.6. The van der Waals surface area contributed by atoms with E-state index < -0.39 is 6.10 Å². The molecule has 0 aliphatic heterocycles. The predicted molar refractivity (Wildman–Crippen MR) is 321 cm³/mol. The van der Waals surface area contributed by atoms with Crippen LogP contribution in [0.3, 0.4) is 0 Å². The Labute approximate surface area is 458 Å². The van der Waals surface area contributed by atoms with E-state index in [1.54, 1.807) is 0 Å². The summed E-state index contributed by atoms with van der Waals surface area (Å²) in [6.45, 7) is 6.51. The summed E-state index contributed by atoms with van der Waals surface area (Å²) in [7, 11) is 0.